The number of thioether (sulfide) groups is 1. The third kappa shape index (κ3) is 5.98. The van der Waals surface area contributed by atoms with E-state index in [0.29, 0.717) is 24.7 Å². The minimum absolute atomic E-state index is 0.121. The number of nitrogens with zero attached hydrogens (tertiary/aromatic N) is 3. The lowest BCUT2D eigenvalue weighted by atomic mass is 10.1. The molecule has 1 aromatic carbocycles. The van der Waals surface area contributed by atoms with Crippen LogP contribution in [-0.2, 0) is 22.7 Å². The molecule has 0 atom stereocenters. The molecular weight excluding hydrogens is 378 g/mol. The zero-order valence-corrected chi connectivity index (χ0v) is 16.2. The Kier molecular flexibility index (Phi) is 6.85. The summed E-state index contributed by atoms with van der Waals surface area (Å²) < 4.78 is 6.72. The molecule has 0 aliphatic carbocycles. The summed E-state index contributed by atoms with van der Waals surface area (Å²) in [7, 11) is 0. The Morgan fingerprint density at radius 2 is 1.93 bits per heavy atom. The minimum atomic E-state index is -0.226. The Labute approximate surface area is 166 Å². The van der Waals surface area contributed by atoms with E-state index in [0.717, 1.165) is 11.1 Å². The van der Waals surface area contributed by atoms with Crippen LogP contribution in [0.25, 0.3) is 0 Å². The molecule has 146 valence electrons. The van der Waals surface area contributed by atoms with Crippen molar-refractivity contribution in [2.24, 2.45) is 0 Å². The van der Waals surface area contributed by atoms with Crippen LogP contribution in [0.15, 0.2) is 53.3 Å². The van der Waals surface area contributed by atoms with E-state index < -0.39 is 0 Å². The van der Waals surface area contributed by atoms with Crippen molar-refractivity contribution in [3.63, 3.8) is 0 Å². The molecule has 8 nitrogen and oxygen atoms in total. The molecule has 2 aromatic heterocycles. The Morgan fingerprint density at radius 1 is 1.14 bits per heavy atom. The molecule has 0 spiro atoms. The second-order valence-electron chi connectivity index (χ2n) is 6.11. The Morgan fingerprint density at radius 3 is 2.64 bits per heavy atom. The summed E-state index contributed by atoms with van der Waals surface area (Å²) in [5.74, 6) is 1.01. The summed E-state index contributed by atoms with van der Waals surface area (Å²) in [6.45, 7) is 2.83. The summed E-state index contributed by atoms with van der Waals surface area (Å²) in [4.78, 5) is 23.9. The maximum absolute atomic E-state index is 12.1. The number of rotatable bonds is 9. The number of carbonyl (C=O) groups is 2. The molecule has 2 N–H and O–H groups in total. The molecular formula is C19H21N5O3S. The molecule has 3 aromatic rings. The molecule has 3 rings (SSSR count). The number of benzene rings is 1. The van der Waals surface area contributed by atoms with Crippen molar-refractivity contribution in [2.75, 3.05) is 16.8 Å². The van der Waals surface area contributed by atoms with Gasteiger partial charge in [0, 0.05) is 25.0 Å². The molecule has 2 heterocycles. The third-order valence-electron chi connectivity index (χ3n) is 3.85. The van der Waals surface area contributed by atoms with E-state index in [1.54, 1.807) is 19.2 Å². The molecule has 0 saturated heterocycles. The van der Waals surface area contributed by atoms with Gasteiger partial charge in [-0.15, -0.1) is 11.8 Å². The third-order valence-corrected chi connectivity index (χ3v) is 4.78. The topological polar surface area (TPSA) is 102 Å². The quantitative estimate of drug-likeness (QED) is 0.572. The number of aryl methyl sites for hydroxylation is 1. The molecule has 0 radical (unpaired) electrons. The monoisotopic (exact) mass is 399 g/mol. The highest BCUT2D eigenvalue weighted by Crippen LogP contribution is 2.11. The molecule has 2 amide bonds. The van der Waals surface area contributed by atoms with Gasteiger partial charge < -0.3 is 15.2 Å². The zero-order valence-electron chi connectivity index (χ0n) is 15.4. The van der Waals surface area contributed by atoms with Crippen LogP contribution in [0.2, 0.25) is 0 Å². The van der Waals surface area contributed by atoms with E-state index >= 15 is 0 Å². The lowest BCUT2D eigenvalue weighted by Crippen LogP contribution is -2.26. The van der Waals surface area contributed by atoms with Gasteiger partial charge in [0.15, 0.2) is 5.82 Å². The van der Waals surface area contributed by atoms with Crippen molar-refractivity contribution in [1.82, 2.24) is 20.3 Å². The number of carbonyl (C=O) groups excluding carboxylic acids is 2. The van der Waals surface area contributed by atoms with Gasteiger partial charge in [-0.05, 0) is 24.1 Å². The molecule has 0 unspecified atom stereocenters. The van der Waals surface area contributed by atoms with Gasteiger partial charge >= 0.3 is 0 Å². The first-order chi connectivity index (χ1) is 13.6. The van der Waals surface area contributed by atoms with Gasteiger partial charge in [0.1, 0.15) is 5.76 Å². The van der Waals surface area contributed by atoms with Gasteiger partial charge in [-0.1, -0.05) is 29.4 Å². The first kappa shape index (κ1) is 19.7. The van der Waals surface area contributed by atoms with Crippen LogP contribution < -0.4 is 10.6 Å². The number of hydrogen-bond donors (Lipinski definition) is 2. The van der Waals surface area contributed by atoms with Crippen LogP contribution in [0.5, 0.6) is 0 Å². The first-order valence-electron chi connectivity index (χ1n) is 8.72. The molecule has 9 heteroatoms. The number of anilines is 1. The standard InChI is InChI=1S/C19H21N5O3S/c1-14-9-17(23-27-14)22-19(26)13-28-12-18(25)20-10-15-5-2-3-6-16(15)11-24-8-4-7-21-24/h2-9H,10-13H2,1H3,(H,20,25)(H,22,23,26). The molecule has 0 aliphatic heterocycles. The second-order valence-corrected chi connectivity index (χ2v) is 7.10. The maximum Gasteiger partial charge on any atom is 0.235 e. The molecule has 0 fully saturated rings. The van der Waals surface area contributed by atoms with Crippen LogP contribution in [-0.4, -0.2) is 38.3 Å². The van der Waals surface area contributed by atoms with Crippen molar-refractivity contribution < 1.29 is 14.1 Å². The predicted octanol–water partition coefficient (Wildman–Crippen LogP) is 2.22. The summed E-state index contributed by atoms with van der Waals surface area (Å²) in [5, 5.41) is 13.4. The van der Waals surface area contributed by atoms with Gasteiger partial charge in [0.05, 0.1) is 18.1 Å². The highest BCUT2D eigenvalue weighted by molar-refractivity contribution is 8.00. The van der Waals surface area contributed by atoms with Crippen molar-refractivity contribution in [1.29, 1.82) is 0 Å². The minimum Gasteiger partial charge on any atom is -0.360 e. The Hall–Kier alpha value is -3.07. The lowest BCUT2D eigenvalue weighted by Gasteiger charge is -2.11. The van der Waals surface area contributed by atoms with Crippen LogP contribution in [0.4, 0.5) is 5.82 Å². The van der Waals surface area contributed by atoms with Gasteiger partial charge in [0.2, 0.25) is 11.8 Å². The molecule has 28 heavy (non-hydrogen) atoms. The predicted molar refractivity (Wildman–Crippen MR) is 107 cm³/mol. The maximum atomic E-state index is 12.1. The highest BCUT2D eigenvalue weighted by atomic mass is 32.2. The summed E-state index contributed by atoms with van der Waals surface area (Å²) in [5.41, 5.74) is 2.14. The zero-order chi connectivity index (χ0) is 19.8. The summed E-state index contributed by atoms with van der Waals surface area (Å²) in [6.07, 6.45) is 3.64. The summed E-state index contributed by atoms with van der Waals surface area (Å²) in [6, 6.07) is 11.4. The van der Waals surface area contributed by atoms with E-state index in [1.807, 2.05) is 41.2 Å². The van der Waals surface area contributed by atoms with Crippen LogP contribution in [0.1, 0.15) is 16.9 Å². The number of hydrogen-bond acceptors (Lipinski definition) is 6. The van der Waals surface area contributed by atoms with Gasteiger partial charge in [-0.3, -0.25) is 14.3 Å². The average Bonchev–Trinajstić information content (AvgIpc) is 3.33. The highest BCUT2D eigenvalue weighted by Gasteiger charge is 2.09. The largest absolute Gasteiger partial charge is 0.360 e. The number of aromatic nitrogens is 3. The average molecular weight is 399 g/mol. The van der Waals surface area contributed by atoms with Crippen molar-refractivity contribution >= 4 is 29.4 Å². The summed E-state index contributed by atoms with van der Waals surface area (Å²) >= 11 is 1.24. The van der Waals surface area contributed by atoms with E-state index in [-0.39, 0.29) is 23.3 Å². The van der Waals surface area contributed by atoms with E-state index in [1.165, 1.54) is 11.8 Å². The lowest BCUT2D eigenvalue weighted by molar-refractivity contribution is -0.118. The molecule has 0 aliphatic rings. The SMILES string of the molecule is Cc1cc(NC(=O)CSCC(=O)NCc2ccccc2Cn2cccn2)no1. The second kappa shape index (κ2) is 9.75. The smallest absolute Gasteiger partial charge is 0.235 e. The van der Waals surface area contributed by atoms with Crippen molar-refractivity contribution in [2.45, 2.75) is 20.0 Å². The molecule has 0 bridgehead atoms. The van der Waals surface area contributed by atoms with E-state index in [4.69, 9.17) is 4.52 Å². The van der Waals surface area contributed by atoms with Crippen LogP contribution >= 0.6 is 11.8 Å². The normalized spacial score (nSPS) is 10.6. The van der Waals surface area contributed by atoms with Gasteiger partial charge in [0.25, 0.3) is 0 Å². The van der Waals surface area contributed by atoms with Crippen LogP contribution in [0, 0.1) is 6.92 Å². The van der Waals surface area contributed by atoms with E-state index in [9.17, 15) is 9.59 Å². The van der Waals surface area contributed by atoms with Crippen molar-refractivity contribution in [3.8, 4) is 0 Å². The Balaban J connectivity index is 1.40. The van der Waals surface area contributed by atoms with Crippen LogP contribution in [0.3, 0.4) is 0 Å². The van der Waals surface area contributed by atoms with Crippen molar-refractivity contribution in [3.05, 3.63) is 65.7 Å². The fourth-order valence-corrected chi connectivity index (χ4v) is 3.19. The fraction of sp³-hybridized carbons (Fsp3) is 0.263. The number of nitrogens with one attached hydrogen (secondary N) is 2. The van der Waals surface area contributed by atoms with Gasteiger partial charge in [-0.25, -0.2) is 0 Å². The van der Waals surface area contributed by atoms with E-state index in [2.05, 4.69) is 20.9 Å². The number of amides is 2. The molecule has 0 saturated carbocycles. The van der Waals surface area contributed by atoms with Gasteiger partial charge in [-0.2, -0.15) is 5.10 Å². The Bertz CT molecular complexity index is 923. The first-order valence-corrected chi connectivity index (χ1v) is 9.87. The fourth-order valence-electron chi connectivity index (χ4n) is 2.54.